The quantitative estimate of drug-likeness (QED) is 0.373. The highest BCUT2D eigenvalue weighted by atomic mass is 32.2. The van der Waals surface area contributed by atoms with Crippen molar-refractivity contribution in [2.45, 2.75) is 52.6 Å². The lowest BCUT2D eigenvalue weighted by Crippen LogP contribution is -2.52. The van der Waals surface area contributed by atoms with Crippen molar-refractivity contribution in [2.24, 2.45) is 0 Å². The molecule has 2 aromatic rings. The molecule has 37 heavy (non-hydrogen) atoms. The van der Waals surface area contributed by atoms with E-state index in [1.54, 1.807) is 37.4 Å². The van der Waals surface area contributed by atoms with Gasteiger partial charge >= 0.3 is 0 Å². The second kappa shape index (κ2) is 13.9. The van der Waals surface area contributed by atoms with Crippen LogP contribution in [0.3, 0.4) is 0 Å². The number of hydrogen-bond acceptors (Lipinski definition) is 6. The van der Waals surface area contributed by atoms with E-state index in [1.807, 2.05) is 32.9 Å². The number of aryl methyl sites for hydroxylation is 1. The van der Waals surface area contributed by atoms with Crippen molar-refractivity contribution < 1.29 is 27.5 Å². The molecular weight excluding hydrogens is 494 g/mol. The third-order valence-electron chi connectivity index (χ3n) is 6.01. The zero-order chi connectivity index (χ0) is 27.6. The van der Waals surface area contributed by atoms with Crippen LogP contribution >= 0.6 is 0 Å². The van der Waals surface area contributed by atoms with Gasteiger partial charge in [-0.3, -0.25) is 13.9 Å². The maximum absolute atomic E-state index is 13.8. The third-order valence-corrected chi connectivity index (χ3v) is 7.14. The first-order valence-corrected chi connectivity index (χ1v) is 14.2. The Morgan fingerprint density at radius 3 is 2.24 bits per heavy atom. The summed E-state index contributed by atoms with van der Waals surface area (Å²) in [7, 11) is -0.847. The minimum atomic E-state index is -3.86. The van der Waals surface area contributed by atoms with Gasteiger partial charge in [-0.2, -0.15) is 0 Å². The normalized spacial score (nSPS) is 11.9. The number of methoxy groups -OCH3 is 2. The minimum Gasteiger partial charge on any atom is -0.497 e. The number of nitrogens with one attached hydrogen (secondary N) is 1. The molecule has 0 aliphatic rings. The smallest absolute Gasteiger partial charge is 0.244 e. The molecule has 0 aliphatic carbocycles. The van der Waals surface area contributed by atoms with Gasteiger partial charge in [-0.1, -0.05) is 38.5 Å². The van der Waals surface area contributed by atoms with Crippen molar-refractivity contribution in [3.63, 3.8) is 0 Å². The Bertz CT molecular complexity index is 1150. The molecule has 2 amide bonds. The number of carbonyl (C=O) groups excluding carboxylic acids is 2. The molecule has 0 saturated carbocycles. The molecule has 0 aliphatic heterocycles. The SMILES string of the molecule is CCCCNC(=O)[C@@H](CC)N(Cc1ccc(OC)cc1)C(=O)CN(c1cc(C)ccc1OC)S(C)(=O)=O. The number of anilines is 1. The van der Waals surface area contributed by atoms with E-state index in [0.29, 0.717) is 24.5 Å². The fourth-order valence-electron chi connectivity index (χ4n) is 3.94. The van der Waals surface area contributed by atoms with Gasteiger partial charge in [0.2, 0.25) is 21.8 Å². The number of carbonyl (C=O) groups is 2. The molecule has 2 aromatic carbocycles. The molecule has 0 saturated heterocycles. The summed E-state index contributed by atoms with van der Waals surface area (Å²) >= 11 is 0. The van der Waals surface area contributed by atoms with Crippen LogP contribution in [0, 0.1) is 6.92 Å². The number of sulfonamides is 1. The Kier molecular flexibility index (Phi) is 11.2. The second-order valence-electron chi connectivity index (χ2n) is 8.88. The van der Waals surface area contributed by atoms with Gasteiger partial charge in [0.25, 0.3) is 0 Å². The van der Waals surface area contributed by atoms with Crippen molar-refractivity contribution in [1.82, 2.24) is 10.2 Å². The highest BCUT2D eigenvalue weighted by molar-refractivity contribution is 7.92. The van der Waals surface area contributed by atoms with Gasteiger partial charge in [-0.15, -0.1) is 0 Å². The summed E-state index contributed by atoms with van der Waals surface area (Å²) < 4.78 is 37.4. The minimum absolute atomic E-state index is 0.130. The molecule has 0 heterocycles. The molecule has 0 bridgehead atoms. The van der Waals surface area contributed by atoms with Crippen LogP contribution in [0.1, 0.15) is 44.2 Å². The lowest BCUT2D eigenvalue weighted by molar-refractivity contribution is -0.140. The van der Waals surface area contributed by atoms with Crippen LogP contribution in [0.25, 0.3) is 0 Å². The third kappa shape index (κ3) is 8.38. The van der Waals surface area contributed by atoms with E-state index in [9.17, 15) is 18.0 Å². The fourth-order valence-corrected chi connectivity index (χ4v) is 4.79. The topological polar surface area (TPSA) is 105 Å². The Balaban J connectivity index is 2.47. The molecule has 1 atom stereocenters. The molecule has 0 radical (unpaired) electrons. The predicted molar refractivity (Wildman–Crippen MR) is 145 cm³/mol. The Morgan fingerprint density at radius 1 is 1.03 bits per heavy atom. The Hall–Kier alpha value is -3.27. The molecule has 10 heteroatoms. The summed E-state index contributed by atoms with van der Waals surface area (Å²) in [6, 6.07) is 11.5. The van der Waals surface area contributed by atoms with Crippen molar-refractivity contribution in [3.8, 4) is 11.5 Å². The number of nitrogens with zero attached hydrogens (tertiary/aromatic N) is 2. The molecule has 0 spiro atoms. The number of amides is 2. The van der Waals surface area contributed by atoms with E-state index in [-0.39, 0.29) is 18.1 Å². The van der Waals surface area contributed by atoms with E-state index in [0.717, 1.165) is 34.5 Å². The average Bonchev–Trinajstić information content (AvgIpc) is 2.86. The van der Waals surface area contributed by atoms with Gasteiger partial charge in [0.15, 0.2) is 0 Å². The zero-order valence-electron chi connectivity index (χ0n) is 22.6. The molecular formula is C27H39N3O6S. The molecule has 0 fully saturated rings. The molecule has 204 valence electrons. The number of rotatable bonds is 14. The largest absolute Gasteiger partial charge is 0.497 e. The highest BCUT2D eigenvalue weighted by Crippen LogP contribution is 2.31. The van der Waals surface area contributed by atoms with E-state index in [1.165, 1.54) is 12.0 Å². The number of unbranched alkanes of at least 4 members (excludes halogenated alkanes) is 1. The molecule has 2 rings (SSSR count). The van der Waals surface area contributed by atoms with Gasteiger partial charge < -0.3 is 19.7 Å². The van der Waals surface area contributed by atoms with Crippen molar-refractivity contribution >= 4 is 27.5 Å². The monoisotopic (exact) mass is 533 g/mol. The first kappa shape index (κ1) is 30.0. The van der Waals surface area contributed by atoms with Gasteiger partial charge in [-0.25, -0.2) is 8.42 Å². The van der Waals surface area contributed by atoms with Crippen LogP contribution in [0.2, 0.25) is 0 Å². The average molecular weight is 534 g/mol. The Morgan fingerprint density at radius 2 is 1.70 bits per heavy atom. The maximum atomic E-state index is 13.8. The number of ether oxygens (including phenoxy) is 2. The molecule has 0 unspecified atom stereocenters. The second-order valence-corrected chi connectivity index (χ2v) is 10.8. The van der Waals surface area contributed by atoms with Crippen molar-refractivity contribution in [1.29, 1.82) is 0 Å². The molecule has 0 aromatic heterocycles. The van der Waals surface area contributed by atoms with Gasteiger partial charge in [0, 0.05) is 13.1 Å². The number of benzene rings is 2. The van der Waals surface area contributed by atoms with Gasteiger partial charge in [0.05, 0.1) is 26.2 Å². The van der Waals surface area contributed by atoms with E-state index in [2.05, 4.69) is 5.32 Å². The summed E-state index contributed by atoms with van der Waals surface area (Å²) in [6.07, 6.45) is 3.16. The summed E-state index contributed by atoms with van der Waals surface area (Å²) in [6.45, 7) is 5.85. The van der Waals surface area contributed by atoms with Crippen molar-refractivity contribution in [2.75, 3.05) is 37.9 Å². The number of hydrogen-bond donors (Lipinski definition) is 1. The predicted octanol–water partition coefficient (Wildman–Crippen LogP) is 3.50. The van der Waals surface area contributed by atoms with Crippen LogP contribution in [-0.4, -0.2) is 64.7 Å². The van der Waals surface area contributed by atoms with Crippen LogP contribution in [0.4, 0.5) is 5.69 Å². The molecule has 1 N–H and O–H groups in total. The summed E-state index contributed by atoms with van der Waals surface area (Å²) in [5, 5.41) is 2.91. The highest BCUT2D eigenvalue weighted by Gasteiger charge is 2.32. The van der Waals surface area contributed by atoms with Crippen LogP contribution in [0.5, 0.6) is 11.5 Å². The summed E-state index contributed by atoms with van der Waals surface area (Å²) in [5.74, 6) is 0.231. The standard InChI is InChI=1S/C27H39N3O6S/c1-7-9-16-28-27(32)23(8-2)29(18-21-11-13-22(35-4)14-12-21)26(31)19-30(37(6,33)34)24-17-20(3)10-15-25(24)36-5/h10-15,17,23H,7-9,16,18-19H2,1-6H3,(H,28,32)/t23-/m1/s1. The van der Waals surface area contributed by atoms with E-state index >= 15 is 0 Å². The van der Waals surface area contributed by atoms with Crippen LogP contribution < -0.4 is 19.1 Å². The van der Waals surface area contributed by atoms with Crippen LogP contribution in [-0.2, 0) is 26.2 Å². The van der Waals surface area contributed by atoms with E-state index in [4.69, 9.17) is 9.47 Å². The molecule has 9 nitrogen and oxygen atoms in total. The maximum Gasteiger partial charge on any atom is 0.244 e. The van der Waals surface area contributed by atoms with Crippen LogP contribution in [0.15, 0.2) is 42.5 Å². The summed E-state index contributed by atoms with van der Waals surface area (Å²) in [4.78, 5) is 28.3. The first-order chi connectivity index (χ1) is 17.5. The first-order valence-electron chi connectivity index (χ1n) is 12.4. The lowest BCUT2D eigenvalue weighted by atomic mass is 10.1. The fraction of sp³-hybridized carbons (Fsp3) is 0.481. The lowest BCUT2D eigenvalue weighted by Gasteiger charge is -2.33. The summed E-state index contributed by atoms with van der Waals surface area (Å²) in [5.41, 5.74) is 1.87. The van der Waals surface area contributed by atoms with Gasteiger partial charge in [-0.05, 0) is 55.2 Å². The van der Waals surface area contributed by atoms with Crippen molar-refractivity contribution in [3.05, 3.63) is 53.6 Å². The van der Waals surface area contributed by atoms with Gasteiger partial charge in [0.1, 0.15) is 24.1 Å². The Labute approximate surface area is 220 Å². The van der Waals surface area contributed by atoms with E-state index < -0.39 is 28.5 Å². The zero-order valence-corrected chi connectivity index (χ0v) is 23.4.